The van der Waals surface area contributed by atoms with Crippen LogP contribution in [0.1, 0.15) is 19.3 Å². The van der Waals surface area contributed by atoms with Crippen LogP contribution in [0, 0.1) is 35.0 Å². The molecule has 2 aliphatic heterocycles. The fourth-order valence-electron chi connectivity index (χ4n) is 4.91. The Morgan fingerprint density at radius 1 is 1.14 bits per heavy atom. The Labute approximate surface area is 173 Å². The quantitative estimate of drug-likeness (QED) is 0.713. The fourth-order valence-corrected chi connectivity index (χ4v) is 6.53. The van der Waals surface area contributed by atoms with E-state index in [4.69, 9.17) is 4.99 Å². The van der Waals surface area contributed by atoms with Crippen LogP contribution >= 0.6 is 0 Å². The van der Waals surface area contributed by atoms with Crippen molar-refractivity contribution in [1.29, 1.82) is 5.26 Å². The van der Waals surface area contributed by atoms with Gasteiger partial charge in [0, 0.05) is 30.6 Å². The van der Waals surface area contributed by atoms with Crippen LogP contribution in [0.2, 0.25) is 0 Å². The summed E-state index contributed by atoms with van der Waals surface area (Å²) in [6.45, 7) is 0.219. The molecule has 0 spiro atoms. The van der Waals surface area contributed by atoms with Crippen LogP contribution in [-0.2, 0) is 10.0 Å². The molecule has 0 radical (unpaired) electrons. The van der Waals surface area contributed by atoms with Gasteiger partial charge in [0.2, 0.25) is 10.0 Å². The summed E-state index contributed by atoms with van der Waals surface area (Å²) < 4.78 is 27.8. The standard InChI is InChI=1S/C22H28N4O2S/c1-25(2)19-10-8-16(9-11-19)17-12-21-18(13-23)15-26(22(21)24-14-17)29(27,28)20-6-4-3-5-7-20/h3-8,10,14,16-19,21-22H,9,11-12,15H2,1-2H3. The zero-order valence-electron chi connectivity index (χ0n) is 16.9. The molecule has 1 aliphatic carbocycles. The average Bonchev–Trinajstić information content (AvgIpc) is 3.13. The summed E-state index contributed by atoms with van der Waals surface area (Å²) in [6.07, 6.45) is 9.08. The molecule has 1 aromatic carbocycles. The Balaban J connectivity index is 1.56. The maximum Gasteiger partial charge on any atom is 0.244 e. The highest BCUT2D eigenvalue weighted by Gasteiger charge is 2.50. The number of hydrogen-bond acceptors (Lipinski definition) is 5. The predicted octanol–water partition coefficient (Wildman–Crippen LogP) is 2.76. The van der Waals surface area contributed by atoms with Crippen molar-refractivity contribution in [1.82, 2.24) is 9.21 Å². The van der Waals surface area contributed by atoms with Gasteiger partial charge in [0.05, 0.1) is 16.9 Å². The predicted molar refractivity (Wildman–Crippen MR) is 113 cm³/mol. The van der Waals surface area contributed by atoms with Crippen molar-refractivity contribution in [2.24, 2.45) is 28.7 Å². The van der Waals surface area contributed by atoms with Gasteiger partial charge < -0.3 is 4.90 Å². The molecule has 154 valence electrons. The monoisotopic (exact) mass is 412 g/mol. The first-order chi connectivity index (χ1) is 13.9. The van der Waals surface area contributed by atoms with E-state index in [2.05, 4.69) is 37.2 Å². The Kier molecular flexibility index (Phi) is 5.60. The lowest BCUT2D eigenvalue weighted by Gasteiger charge is -2.35. The van der Waals surface area contributed by atoms with Crippen molar-refractivity contribution < 1.29 is 8.42 Å². The first-order valence-electron chi connectivity index (χ1n) is 10.3. The summed E-state index contributed by atoms with van der Waals surface area (Å²) in [4.78, 5) is 7.19. The molecule has 7 heteroatoms. The highest BCUT2D eigenvalue weighted by Crippen LogP contribution is 2.43. The average molecular weight is 413 g/mol. The Morgan fingerprint density at radius 3 is 2.52 bits per heavy atom. The van der Waals surface area contributed by atoms with Crippen LogP contribution in [0.25, 0.3) is 0 Å². The number of benzene rings is 1. The molecule has 0 N–H and O–H groups in total. The number of fused-ring (bicyclic) bond motifs is 1. The van der Waals surface area contributed by atoms with E-state index in [0.717, 1.165) is 19.3 Å². The van der Waals surface area contributed by atoms with E-state index < -0.39 is 16.2 Å². The molecule has 3 aliphatic rings. The van der Waals surface area contributed by atoms with Crippen molar-refractivity contribution in [3.05, 3.63) is 42.5 Å². The SMILES string of the molecule is CN(C)C1C=CC(C2C=NC3C(C2)C(C#N)CN3S(=O)(=O)c2ccccc2)CC1. The number of nitrogens with zero attached hydrogens (tertiary/aromatic N) is 4. The van der Waals surface area contributed by atoms with Crippen molar-refractivity contribution in [3.8, 4) is 6.07 Å². The molecule has 1 saturated heterocycles. The van der Waals surface area contributed by atoms with Crippen LogP contribution in [-0.4, -0.2) is 56.7 Å². The van der Waals surface area contributed by atoms with E-state index >= 15 is 0 Å². The van der Waals surface area contributed by atoms with Crippen LogP contribution < -0.4 is 0 Å². The highest BCUT2D eigenvalue weighted by atomic mass is 32.2. The third kappa shape index (κ3) is 3.77. The van der Waals surface area contributed by atoms with Crippen LogP contribution in [0.5, 0.6) is 0 Å². The maximum atomic E-state index is 13.2. The Bertz CT molecular complexity index is 935. The summed E-state index contributed by atoms with van der Waals surface area (Å²) in [5.41, 5.74) is 0. The minimum absolute atomic E-state index is 0.0477. The molecule has 1 aromatic rings. The van der Waals surface area contributed by atoms with Gasteiger partial charge in [0.1, 0.15) is 6.17 Å². The van der Waals surface area contributed by atoms with E-state index in [-0.39, 0.29) is 29.2 Å². The number of likely N-dealkylation sites (N-methyl/N-ethyl adjacent to an activating group) is 1. The smallest absolute Gasteiger partial charge is 0.244 e. The second kappa shape index (κ2) is 8.02. The van der Waals surface area contributed by atoms with Gasteiger partial charge in [0.15, 0.2) is 0 Å². The van der Waals surface area contributed by atoms with Crippen LogP contribution in [0.3, 0.4) is 0 Å². The number of rotatable bonds is 4. The summed E-state index contributed by atoms with van der Waals surface area (Å²) in [5, 5.41) is 9.71. The molecular formula is C22H28N4O2S. The van der Waals surface area contributed by atoms with Gasteiger partial charge in [-0.15, -0.1) is 0 Å². The van der Waals surface area contributed by atoms with E-state index in [0.29, 0.717) is 12.0 Å². The van der Waals surface area contributed by atoms with Gasteiger partial charge in [0.25, 0.3) is 0 Å². The number of allylic oxidation sites excluding steroid dienone is 1. The third-order valence-electron chi connectivity index (χ3n) is 6.65. The van der Waals surface area contributed by atoms with E-state index in [9.17, 15) is 13.7 Å². The summed E-state index contributed by atoms with van der Waals surface area (Å²) in [7, 11) is 0.532. The topological polar surface area (TPSA) is 76.8 Å². The van der Waals surface area contributed by atoms with E-state index in [1.54, 1.807) is 30.3 Å². The largest absolute Gasteiger partial charge is 0.303 e. The summed E-state index contributed by atoms with van der Waals surface area (Å²) in [5.74, 6) is 0.315. The van der Waals surface area contributed by atoms with E-state index in [1.165, 1.54) is 4.31 Å². The van der Waals surface area contributed by atoms with Gasteiger partial charge >= 0.3 is 0 Å². The number of hydrogen-bond donors (Lipinski definition) is 0. The first-order valence-corrected chi connectivity index (χ1v) is 11.7. The normalized spacial score (nSPS) is 34.8. The van der Waals surface area contributed by atoms with Gasteiger partial charge in [-0.3, -0.25) is 4.99 Å². The molecule has 6 atom stereocenters. The molecule has 0 aromatic heterocycles. The minimum atomic E-state index is -3.66. The van der Waals surface area contributed by atoms with E-state index in [1.807, 2.05) is 6.21 Å². The zero-order valence-corrected chi connectivity index (χ0v) is 17.7. The molecule has 1 fully saturated rings. The molecule has 6 unspecified atom stereocenters. The molecule has 6 nitrogen and oxygen atoms in total. The third-order valence-corrected chi connectivity index (χ3v) is 8.50. The minimum Gasteiger partial charge on any atom is -0.303 e. The van der Waals surface area contributed by atoms with Gasteiger partial charge in [-0.2, -0.15) is 9.57 Å². The zero-order chi connectivity index (χ0) is 20.6. The lowest BCUT2D eigenvalue weighted by molar-refractivity contribution is 0.245. The molecular weight excluding hydrogens is 384 g/mol. The van der Waals surface area contributed by atoms with Gasteiger partial charge in [-0.05, 0) is 51.4 Å². The Morgan fingerprint density at radius 2 is 1.90 bits per heavy atom. The fraction of sp³-hybridized carbons (Fsp3) is 0.545. The lowest BCUT2D eigenvalue weighted by Crippen LogP contribution is -2.40. The molecule has 29 heavy (non-hydrogen) atoms. The molecule has 4 rings (SSSR count). The second-order valence-corrected chi connectivity index (χ2v) is 10.4. The van der Waals surface area contributed by atoms with Crippen molar-refractivity contribution in [3.63, 3.8) is 0 Å². The van der Waals surface area contributed by atoms with Crippen LogP contribution in [0.15, 0.2) is 52.4 Å². The van der Waals surface area contributed by atoms with Crippen molar-refractivity contribution in [2.75, 3.05) is 20.6 Å². The highest BCUT2D eigenvalue weighted by molar-refractivity contribution is 7.89. The molecule has 0 amide bonds. The maximum absolute atomic E-state index is 13.2. The van der Waals surface area contributed by atoms with Crippen molar-refractivity contribution >= 4 is 16.2 Å². The molecule has 0 bridgehead atoms. The number of sulfonamides is 1. The molecule has 0 saturated carbocycles. The van der Waals surface area contributed by atoms with Crippen molar-refractivity contribution in [2.45, 2.75) is 36.4 Å². The van der Waals surface area contributed by atoms with Crippen LogP contribution in [0.4, 0.5) is 0 Å². The summed E-state index contributed by atoms with van der Waals surface area (Å²) in [6, 6.07) is 11.3. The van der Waals surface area contributed by atoms with Gasteiger partial charge in [-0.1, -0.05) is 30.4 Å². The number of aliphatic imine (C=N–C) groups is 1. The first kappa shape index (κ1) is 20.3. The Hall–Kier alpha value is -2.01. The molecule has 2 heterocycles. The summed E-state index contributed by atoms with van der Waals surface area (Å²) >= 11 is 0. The number of nitriles is 1. The lowest BCUT2D eigenvalue weighted by atomic mass is 9.75. The van der Waals surface area contributed by atoms with Gasteiger partial charge in [-0.25, -0.2) is 8.42 Å². The second-order valence-electron chi connectivity index (χ2n) is 8.56.